The number of para-hydroxylation sites is 1. The number of amides is 1. The van der Waals surface area contributed by atoms with Crippen molar-refractivity contribution >= 4 is 17.1 Å². The molecule has 0 fully saturated rings. The summed E-state index contributed by atoms with van der Waals surface area (Å²) in [6, 6.07) is 5.48. The van der Waals surface area contributed by atoms with Crippen molar-refractivity contribution in [1.82, 2.24) is 15.1 Å². The molecular formula is C16H24N4O4. The zero-order valence-electron chi connectivity index (χ0n) is 14.4. The highest BCUT2D eigenvalue weighted by Crippen LogP contribution is 2.20. The third kappa shape index (κ3) is 4.65. The summed E-state index contributed by atoms with van der Waals surface area (Å²) in [5, 5.41) is 27.1. The number of ether oxygens (including phenoxy) is 1. The Morgan fingerprint density at radius 3 is 2.67 bits per heavy atom. The lowest BCUT2D eigenvalue weighted by molar-refractivity contribution is -0.00470. The van der Waals surface area contributed by atoms with Crippen LogP contribution in [-0.4, -0.2) is 49.2 Å². The van der Waals surface area contributed by atoms with E-state index in [2.05, 4.69) is 15.7 Å². The number of carbonyl (C=O) groups is 1. The molecule has 2 aromatic rings. The van der Waals surface area contributed by atoms with Crippen LogP contribution in [0.1, 0.15) is 39.7 Å². The first-order chi connectivity index (χ1) is 11.1. The van der Waals surface area contributed by atoms with Crippen LogP contribution in [0.3, 0.4) is 0 Å². The first kappa shape index (κ1) is 18.2. The lowest BCUT2D eigenvalue weighted by Gasteiger charge is -2.21. The summed E-state index contributed by atoms with van der Waals surface area (Å²) in [6.07, 6.45) is 0.223. The largest absolute Gasteiger partial charge is 0.443 e. The summed E-state index contributed by atoms with van der Waals surface area (Å²) in [5.74, 6) is 0. The van der Waals surface area contributed by atoms with Crippen molar-refractivity contribution in [1.29, 1.82) is 0 Å². The SMILES string of the molecule is CC(C)(C)OC(=O)Nn1nnc2cccc(CC[C@](C)(O)CO)c21. The third-order valence-electron chi connectivity index (χ3n) is 3.42. The van der Waals surface area contributed by atoms with Gasteiger partial charge in [-0.2, -0.15) is 0 Å². The second-order valence-corrected chi connectivity index (χ2v) is 7.05. The molecule has 0 aliphatic heterocycles. The zero-order chi connectivity index (χ0) is 18.0. The van der Waals surface area contributed by atoms with Crippen molar-refractivity contribution in [3.63, 3.8) is 0 Å². The molecule has 3 N–H and O–H groups in total. The Balaban J connectivity index is 2.24. The summed E-state index contributed by atoms with van der Waals surface area (Å²) in [5.41, 5.74) is 2.86. The Morgan fingerprint density at radius 2 is 2.04 bits per heavy atom. The summed E-state index contributed by atoms with van der Waals surface area (Å²) < 4.78 is 5.22. The molecule has 0 spiro atoms. The third-order valence-corrected chi connectivity index (χ3v) is 3.42. The zero-order valence-corrected chi connectivity index (χ0v) is 14.4. The van der Waals surface area contributed by atoms with Crippen molar-refractivity contribution in [2.24, 2.45) is 0 Å². The first-order valence-electron chi connectivity index (χ1n) is 7.78. The van der Waals surface area contributed by atoms with Crippen LogP contribution in [0.5, 0.6) is 0 Å². The second-order valence-electron chi connectivity index (χ2n) is 7.05. The lowest BCUT2D eigenvalue weighted by Crippen LogP contribution is -2.32. The number of fused-ring (bicyclic) bond motifs is 1. The van der Waals surface area contributed by atoms with E-state index in [1.807, 2.05) is 12.1 Å². The van der Waals surface area contributed by atoms with E-state index in [1.54, 1.807) is 33.8 Å². The van der Waals surface area contributed by atoms with Gasteiger partial charge in [-0.15, -0.1) is 9.89 Å². The number of benzene rings is 1. The molecule has 0 saturated carbocycles. The Hall–Kier alpha value is -2.19. The van der Waals surface area contributed by atoms with Gasteiger partial charge in [-0.3, -0.25) is 0 Å². The number of aromatic nitrogens is 3. The topological polar surface area (TPSA) is 110 Å². The molecule has 1 aromatic heterocycles. The van der Waals surface area contributed by atoms with Gasteiger partial charge in [0.2, 0.25) is 0 Å². The Kier molecular flexibility index (Phi) is 5.10. The number of rotatable bonds is 5. The molecule has 2 rings (SSSR count). The molecule has 1 atom stereocenters. The maximum absolute atomic E-state index is 11.9. The molecule has 1 amide bonds. The molecule has 24 heavy (non-hydrogen) atoms. The molecule has 0 saturated heterocycles. The summed E-state index contributed by atoms with van der Waals surface area (Å²) in [6.45, 7) is 6.57. The second kappa shape index (κ2) is 6.74. The molecule has 132 valence electrons. The van der Waals surface area contributed by atoms with E-state index in [0.717, 1.165) is 5.56 Å². The van der Waals surface area contributed by atoms with Crippen molar-refractivity contribution in [3.05, 3.63) is 23.8 Å². The highest BCUT2D eigenvalue weighted by molar-refractivity contribution is 5.82. The van der Waals surface area contributed by atoms with Crippen molar-refractivity contribution in [3.8, 4) is 0 Å². The molecule has 0 aliphatic carbocycles. The van der Waals surface area contributed by atoms with Gasteiger partial charge in [0.25, 0.3) is 0 Å². The van der Waals surface area contributed by atoms with Crippen molar-refractivity contribution in [2.75, 3.05) is 12.0 Å². The smallest absolute Gasteiger partial charge is 0.428 e. The monoisotopic (exact) mass is 336 g/mol. The molecule has 1 heterocycles. The molecule has 1 aromatic carbocycles. The highest BCUT2D eigenvalue weighted by atomic mass is 16.6. The fourth-order valence-electron chi connectivity index (χ4n) is 2.19. The average Bonchev–Trinajstić information content (AvgIpc) is 2.87. The number of hydrogen-bond donors (Lipinski definition) is 3. The van der Waals surface area contributed by atoms with E-state index >= 15 is 0 Å². The minimum atomic E-state index is -1.17. The van der Waals surface area contributed by atoms with Crippen LogP contribution in [0.25, 0.3) is 11.0 Å². The number of hydrogen-bond acceptors (Lipinski definition) is 6. The van der Waals surface area contributed by atoms with E-state index < -0.39 is 17.3 Å². The van der Waals surface area contributed by atoms with Crippen LogP contribution in [0.15, 0.2) is 18.2 Å². The van der Waals surface area contributed by atoms with Gasteiger partial charge in [0.05, 0.1) is 12.2 Å². The van der Waals surface area contributed by atoms with Gasteiger partial charge in [-0.25, -0.2) is 10.2 Å². The van der Waals surface area contributed by atoms with Crippen LogP contribution in [0.2, 0.25) is 0 Å². The van der Waals surface area contributed by atoms with Gasteiger partial charge in [0.15, 0.2) is 0 Å². The standard InChI is InChI=1S/C16H24N4O4/c1-15(2,3)24-14(22)18-20-13-11(8-9-16(4,23)10-21)6-5-7-12(13)17-19-20/h5-7,21,23H,8-10H2,1-4H3,(H,18,22)/t16-/m0/s1. The van der Waals surface area contributed by atoms with E-state index in [9.17, 15) is 15.0 Å². The molecule has 0 bridgehead atoms. The van der Waals surface area contributed by atoms with Crippen LogP contribution in [0.4, 0.5) is 4.79 Å². The number of nitrogens with zero attached hydrogens (tertiary/aromatic N) is 3. The van der Waals surface area contributed by atoms with Crippen molar-refractivity contribution < 1.29 is 19.7 Å². The molecule has 8 nitrogen and oxygen atoms in total. The lowest BCUT2D eigenvalue weighted by atomic mass is 9.97. The predicted octanol–water partition coefficient (Wildman–Crippen LogP) is 1.59. The Labute approximate surface area is 140 Å². The fraction of sp³-hybridized carbons (Fsp3) is 0.562. The predicted molar refractivity (Wildman–Crippen MR) is 89.2 cm³/mol. The maximum Gasteiger partial charge on any atom is 0.428 e. The molecule has 0 unspecified atom stereocenters. The summed E-state index contributed by atoms with van der Waals surface area (Å²) in [7, 11) is 0. The van der Waals surface area contributed by atoms with Crippen LogP contribution >= 0.6 is 0 Å². The van der Waals surface area contributed by atoms with Gasteiger partial charge in [0.1, 0.15) is 16.6 Å². The van der Waals surface area contributed by atoms with Gasteiger partial charge in [-0.1, -0.05) is 12.1 Å². The molecular weight excluding hydrogens is 312 g/mol. The Morgan fingerprint density at radius 1 is 1.33 bits per heavy atom. The van der Waals surface area contributed by atoms with Gasteiger partial charge < -0.3 is 14.9 Å². The first-order valence-corrected chi connectivity index (χ1v) is 7.78. The minimum absolute atomic E-state index is 0.323. The number of aliphatic hydroxyl groups excluding tert-OH is 1. The summed E-state index contributed by atoms with van der Waals surface area (Å²) in [4.78, 5) is 13.2. The van der Waals surface area contributed by atoms with Crippen molar-refractivity contribution in [2.45, 2.75) is 51.7 Å². The van der Waals surface area contributed by atoms with Crippen LogP contribution < -0.4 is 5.43 Å². The van der Waals surface area contributed by atoms with E-state index in [4.69, 9.17) is 4.74 Å². The normalized spacial score (nSPS) is 14.4. The Bertz CT molecular complexity index is 718. The highest BCUT2D eigenvalue weighted by Gasteiger charge is 2.21. The number of carbonyl (C=O) groups excluding carboxylic acids is 1. The van der Waals surface area contributed by atoms with E-state index in [1.165, 1.54) is 4.79 Å². The van der Waals surface area contributed by atoms with Crippen LogP contribution in [-0.2, 0) is 11.2 Å². The quantitative estimate of drug-likeness (QED) is 0.765. The van der Waals surface area contributed by atoms with Gasteiger partial charge in [-0.05, 0) is 57.4 Å². The number of aryl methyl sites for hydroxylation is 1. The van der Waals surface area contributed by atoms with Gasteiger partial charge in [0, 0.05) is 0 Å². The van der Waals surface area contributed by atoms with E-state index in [0.29, 0.717) is 23.9 Å². The number of aliphatic hydroxyl groups is 2. The molecule has 8 heteroatoms. The number of nitrogens with one attached hydrogen (secondary N) is 1. The van der Waals surface area contributed by atoms with Gasteiger partial charge >= 0.3 is 6.09 Å². The average molecular weight is 336 g/mol. The van der Waals surface area contributed by atoms with E-state index in [-0.39, 0.29) is 6.61 Å². The van der Waals surface area contributed by atoms with Crippen LogP contribution in [0, 0.1) is 0 Å². The summed E-state index contributed by atoms with van der Waals surface area (Å²) >= 11 is 0. The molecule has 0 aliphatic rings. The molecule has 0 radical (unpaired) electrons. The minimum Gasteiger partial charge on any atom is -0.443 e. The fourth-order valence-corrected chi connectivity index (χ4v) is 2.19. The maximum atomic E-state index is 11.9.